The van der Waals surface area contributed by atoms with Crippen molar-refractivity contribution < 1.29 is 24.1 Å². The molecule has 0 aliphatic carbocycles. The molecule has 2 aromatic rings. The van der Waals surface area contributed by atoms with E-state index >= 15 is 0 Å². The van der Waals surface area contributed by atoms with E-state index in [1.54, 1.807) is 20.3 Å². The summed E-state index contributed by atoms with van der Waals surface area (Å²) in [4.78, 5) is 0. The fourth-order valence-corrected chi connectivity index (χ4v) is 3.36. The molecule has 0 fully saturated rings. The number of aromatic hydroxyl groups is 1. The topological polar surface area (TPSA) is 57.2 Å². The van der Waals surface area contributed by atoms with Crippen molar-refractivity contribution in [2.45, 2.75) is 25.9 Å². The second kappa shape index (κ2) is 6.15. The van der Waals surface area contributed by atoms with E-state index in [9.17, 15) is 5.11 Å². The Morgan fingerprint density at radius 1 is 0.958 bits per heavy atom. The number of rotatable bonds is 4. The average Bonchev–Trinajstić information content (AvgIpc) is 2.94. The van der Waals surface area contributed by atoms with E-state index in [-0.39, 0.29) is 17.8 Å². The minimum Gasteiger partial charge on any atom is -0.504 e. The number of ether oxygens (including phenoxy) is 4. The Hall–Kier alpha value is -2.56. The quantitative estimate of drug-likeness (QED) is 0.919. The lowest BCUT2D eigenvalue weighted by atomic mass is 9.89. The summed E-state index contributed by atoms with van der Waals surface area (Å²) < 4.78 is 22.1. The standard InChI is InChI=1S/C19H22O5/c1-10-17-11(2)19(24-15(17)9-16(23-5)18(10)20)12-6-7-13(21-3)14(8-12)22-4/h6-9,11,19-20H,1-5H3/t11-,19-/m0/s1. The average molecular weight is 330 g/mol. The zero-order valence-electron chi connectivity index (χ0n) is 14.5. The zero-order chi connectivity index (χ0) is 17.4. The molecule has 2 aromatic carbocycles. The maximum Gasteiger partial charge on any atom is 0.164 e. The van der Waals surface area contributed by atoms with Crippen LogP contribution in [0.5, 0.6) is 28.7 Å². The van der Waals surface area contributed by atoms with Gasteiger partial charge in [0, 0.05) is 23.1 Å². The molecule has 3 rings (SSSR count). The molecule has 24 heavy (non-hydrogen) atoms. The molecule has 5 nitrogen and oxygen atoms in total. The predicted octanol–water partition coefficient (Wildman–Crippen LogP) is 3.96. The third-order valence-electron chi connectivity index (χ3n) is 4.64. The number of phenolic OH excluding ortho intramolecular Hbond substituents is 1. The lowest BCUT2D eigenvalue weighted by Gasteiger charge is -2.18. The molecule has 0 amide bonds. The molecule has 1 aliphatic rings. The van der Waals surface area contributed by atoms with E-state index in [4.69, 9.17) is 18.9 Å². The molecule has 0 aromatic heterocycles. The molecule has 0 unspecified atom stereocenters. The van der Waals surface area contributed by atoms with Crippen molar-refractivity contribution in [3.05, 3.63) is 41.0 Å². The molecule has 0 saturated heterocycles. The van der Waals surface area contributed by atoms with E-state index in [1.165, 1.54) is 7.11 Å². The maximum atomic E-state index is 10.3. The van der Waals surface area contributed by atoms with Crippen LogP contribution < -0.4 is 18.9 Å². The largest absolute Gasteiger partial charge is 0.504 e. The minimum absolute atomic E-state index is 0.0925. The van der Waals surface area contributed by atoms with Crippen molar-refractivity contribution in [3.8, 4) is 28.7 Å². The van der Waals surface area contributed by atoms with E-state index in [1.807, 2.05) is 25.1 Å². The number of methoxy groups -OCH3 is 3. The molecule has 1 aliphatic heterocycles. The molecular formula is C19H22O5. The molecule has 0 saturated carbocycles. The third-order valence-corrected chi connectivity index (χ3v) is 4.64. The Balaban J connectivity index is 2.02. The highest BCUT2D eigenvalue weighted by atomic mass is 16.5. The molecule has 5 heteroatoms. The first-order chi connectivity index (χ1) is 11.5. The minimum atomic E-state index is -0.162. The van der Waals surface area contributed by atoms with Crippen molar-refractivity contribution in [2.75, 3.05) is 21.3 Å². The van der Waals surface area contributed by atoms with Gasteiger partial charge >= 0.3 is 0 Å². The summed E-state index contributed by atoms with van der Waals surface area (Å²) in [7, 11) is 4.76. The van der Waals surface area contributed by atoms with Crippen LogP contribution in [0.4, 0.5) is 0 Å². The molecule has 0 radical (unpaired) electrons. The van der Waals surface area contributed by atoms with Crippen molar-refractivity contribution in [2.24, 2.45) is 0 Å². The number of benzene rings is 2. The van der Waals surface area contributed by atoms with E-state index in [2.05, 4.69) is 6.92 Å². The summed E-state index contributed by atoms with van der Waals surface area (Å²) in [5.41, 5.74) is 2.79. The first-order valence-electron chi connectivity index (χ1n) is 7.80. The summed E-state index contributed by atoms with van der Waals surface area (Å²) in [6, 6.07) is 7.52. The number of hydrogen-bond donors (Lipinski definition) is 1. The molecule has 128 valence electrons. The first kappa shape index (κ1) is 16.3. The van der Waals surface area contributed by atoms with Crippen LogP contribution in [0.1, 0.15) is 35.6 Å². The summed E-state index contributed by atoms with van der Waals surface area (Å²) in [5.74, 6) is 2.77. The van der Waals surface area contributed by atoms with Gasteiger partial charge in [0.05, 0.1) is 21.3 Å². The normalized spacial score (nSPS) is 18.7. The summed E-state index contributed by atoms with van der Waals surface area (Å²) >= 11 is 0. The molecule has 0 bridgehead atoms. The summed E-state index contributed by atoms with van der Waals surface area (Å²) in [5, 5.41) is 10.3. The second-order valence-corrected chi connectivity index (χ2v) is 5.91. The zero-order valence-corrected chi connectivity index (χ0v) is 14.5. The van der Waals surface area contributed by atoms with Crippen LogP contribution in [0.25, 0.3) is 0 Å². The Kier molecular flexibility index (Phi) is 4.18. The van der Waals surface area contributed by atoms with Crippen LogP contribution in [0.3, 0.4) is 0 Å². The molecule has 0 spiro atoms. The number of phenols is 1. The number of hydrogen-bond acceptors (Lipinski definition) is 5. The van der Waals surface area contributed by atoms with Crippen LogP contribution >= 0.6 is 0 Å². The van der Waals surface area contributed by atoms with E-state index in [0.717, 1.165) is 22.4 Å². The smallest absolute Gasteiger partial charge is 0.164 e. The van der Waals surface area contributed by atoms with Gasteiger partial charge in [-0.3, -0.25) is 0 Å². The fourth-order valence-electron chi connectivity index (χ4n) is 3.36. The highest BCUT2D eigenvalue weighted by Crippen LogP contribution is 2.52. The number of fused-ring (bicyclic) bond motifs is 1. The summed E-state index contributed by atoms with van der Waals surface area (Å²) in [6.45, 7) is 3.97. The van der Waals surface area contributed by atoms with Gasteiger partial charge in [-0.25, -0.2) is 0 Å². The van der Waals surface area contributed by atoms with Gasteiger partial charge in [0.2, 0.25) is 0 Å². The van der Waals surface area contributed by atoms with Gasteiger partial charge in [-0.1, -0.05) is 13.0 Å². The Labute approximate surface area is 141 Å². The molecule has 2 atom stereocenters. The summed E-state index contributed by atoms with van der Waals surface area (Å²) in [6.07, 6.45) is -0.162. The Bertz CT molecular complexity index is 769. The lowest BCUT2D eigenvalue weighted by Crippen LogP contribution is -2.08. The van der Waals surface area contributed by atoms with Crippen molar-refractivity contribution in [1.82, 2.24) is 0 Å². The Morgan fingerprint density at radius 3 is 2.25 bits per heavy atom. The van der Waals surface area contributed by atoms with E-state index < -0.39 is 0 Å². The highest BCUT2D eigenvalue weighted by Gasteiger charge is 2.36. The second-order valence-electron chi connectivity index (χ2n) is 5.91. The van der Waals surface area contributed by atoms with Crippen LogP contribution in [0.2, 0.25) is 0 Å². The van der Waals surface area contributed by atoms with E-state index in [0.29, 0.717) is 17.2 Å². The van der Waals surface area contributed by atoms with Crippen molar-refractivity contribution in [3.63, 3.8) is 0 Å². The Morgan fingerprint density at radius 2 is 1.62 bits per heavy atom. The van der Waals surface area contributed by atoms with Crippen LogP contribution in [0.15, 0.2) is 24.3 Å². The van der Waals surface area contributed by atoms with Gasteiger partial charge in [-0.15, -0.1) is 0 Å². The predicted molar refractivity (Wildman–Crippen MR) is 90.7 cm³/mol. The monoisotopic (exact) mass is 330 g/mol. The van der Waals surface area contributed by atoms with Gasteiger partial charge < -0.3 is 24.1 Å². The van der Waals surface area contributed by atoms with Gasteiger partial charge in [-0.05, 0) is 24.6 Å². The van der Waals surface area contributed by atoms with Crippen LogP contribution in [-0.2, 0) is 0 Å². The molecule has 1 heterocycles. The first-order valence-corrected chi connectivity index (χ1v) is 7.80. The molecule has 1 N–H and O–H groups in total. The van der Waals surface area contributed by atoms with Crippen LogP contribution in [-0.4, -0.2) is 26.4 Å². The van der Waals surface area contributed by atoms with Gasteiger partial charge in [0.25, 0.3) is 0 Å². The van der Waals surface area contributed by atoms with Crippen LogP contribution in [0, 0.1) is 6.92 Å². The molecular weight excluding hydrogens is 308 g/mol. The van der Waals surface area contributed by atoms with Crippen molar-refractivity contribution in [1.29, 1.82) is 0 Å². The lowest BCUT2D eigenvalue weighted by molar-refractivity contribution is 0.214. The maximum absolute atomic E-state index is 10.3. The SMILES string of the molecule is COc1ccc([C@H]2Oc3cc(OC)c(O)c(C)c3[C@@H]2C)cc1OC. The van der Waals surface area contributed by atoms with Gasteiger partial charge in [0.15, 0.2) is 23.0 Å². The van der Waals surface area contributed by atoms with Gasteiger partial charge in [-0.2, -0.15) is 0 Å². The third kappa shape index (κ3) is 2.40. The fraction of sp³-hybridized carbons (Fsp3) is 0.368. The van der Waals surface area contributed by atoms with Gasteiger partial charge in [0.1, 0.15) is 11.9 Å². The van der Waals surface area contributed by atoms with Crippen molar-refractivity contribution >= 4 is 0 Å². The highest BCUT2D eigenvalue weighted by molar-refractivity contribution is 5.60.